The average Bonchev–Trinajstić information content (AvgIpc) is 3.04. The first-order chi connectivity index (χ1) is 13.1. The molecule has 1 aromatic heterocycles. The van der Waals surface area contributed by atoms with Crippen molar-refractivity contribution < 1.29 is 18.9 Å². The summed E-state index contributed by atoms with van der Waals surface area (Å²) in [5, 5.41) is 17.6. The number of anilines is 1. The Balaban J connectivity index is 1.64. The van der Waals surface area contributed by atoms with Gasteiger partial charge in [-0.05, 0) is 12.1 Å². The van der Waals surface area contributed by atoms with Crippen molar-refractivity contribution in [2.45, 2.75) is 6.61 Å². The van der Waals surface area contributed by atoms with Crippen LogP contribution in [0.1, 0.15) is 16.1 Å². The second-order valence-corrected chi connectivity index (χ2v) is 5.80. The van der Waals surface area contributed by atoms with Gasteiger partial charge in [-0.15, -0.1) is 0 Å². The van der Waals surface area contributed by atoms with E-state index in [1.54, 1.807) is 31.4 Å². The van der Waals surface area contributed by atoms with Gasteiger partial charge in [0, 0.05) is 37.2 Å². The Kier molecular flexibility index (Phi) is 5.68. The lowest BCUT2D eigenvalue weighted by molar-refractivity contribution is -0.384. The number of nitro benzene ring substituents is 1. The van der Waals surface area contributed by atoms with Crippen LogP contribution in [0.25, 0.3) is 11.0 Å². The molecule has 0 spiro atoms. The lowest BCUT2D eigenvalue weighted by Gasteiger charge is -2.08. The molecular formula is C19H19N3O5. The van der Waals surface area contributed by atoms with Gasteiger partial charge < -0.3 is 19.8 Å². The van der Waals surface area contributed by atoms with Crippen LogP contribution in [0.2, 0.25) is 0 Å². The minimum absolute atomic E-state index is 0.0107. The molecule has 140 valence electrons. The molecule has 8 heteroatoms. The van der Waals surface area contributed by atoms with Gasteiger partial charge in [0.05, 0.1) is 11.5 Å². The van der Waals surface area contributed by atoms with E-state index < -0.39 is 4.92 Å². The van der Waals surface area contributed by atoms with Crippen LogP contribution in [0.4, 0.5) is 11.4 Å². The number of nitrogens with one attached hydrogen (secondary N) is 2. The number of ether oxygens (including phenoxy) is 1. The van der Waals surface area contributed by atoms with Crippen LogP contribution in [0.5, 0.6) is 0 Å². The van der Waals surface area contributed by atoms with E-state index >= 15 is 0 Å². The number of benzene rings is 2. The van der Waals surface area contributed by atoms with Crippen LogP contribution in [0, 0.1) is 10.1 Å². The molecule has 0 aliphatic carbocycles. The molecule has 2 aromatic carbocycles. The summed E-state index contributed by atoms with van der Waals surface area (Å²) in [4.78, 5) is 23.1. The lowest BCUT2D eigenvalue weighted by Crippen LogP contribution is -2.29. The van der Waals surface area contributed by atoms with Gasteiger partial charge in [0.1, 0.15) is 11.3 Å². The highest BCUT2D eigenvalue weighted by atomic mass is 16.6. The summed E-state index contributed by atoms with van der Waals surface area (Å²) >= 11 is 0. The molecule has 0 fully saturated rings. The van der Waals surface area contributed by atoms with E-state index in [-0.39, 0.29) is 30.5 Å². The quantitative estimate of drug-likeness (QED) is 0.358. The van der Waals surface area contributed by atoms with Crippen LogP contribution in [-0.2, 0) is 11.3 Å². The van der Waals surface area contributed by atoms with E-state index in [0.29, 0.717) is 23.4 Å². The summed E-state index contributed by atoms with van der Waals surface area (Å²) in [5.74, 6) is -0.147. The molecule has 0 atom stereocenters. The third-order valence-corrected chi connectivity index (χ3v) is 4.02. The predicted octanol–water partition coefficient (Wildman–Crippen LogP) is 3.33. The minimum atomic E-state index is -0.452. The number of hydrogen-bond donors (Lipinski definition) is 2. The molecule has 2 N–H and O–H groups in total. The fraction of sp³-hybridized carbons (Fsp3) is 0.211. The Labute approximate surface area is 155 Å². The van der Waals surface area contributed by atoms with Gasteiger partial charge in [-0.3, -0.25) is 14.9 Å². The number of methoxy groups -OCH3 is 1. The third-order valence-electron chi connectivity index (χ3n) is 4.02. The fourth-order valence-corrected chi connectivity index (χ4v) is 2.81. The normalized spacial score (nSPS) is 10.7. The van der Waals surface area contributed by atoms with Crippen LogP contribution >= 0.6 is 0 Å². The number of fused-ring (bicyclic) bond motifs is 1. The van der Waals surface area contributed by atoms with E-state index in [4.69, 9.17) is 9.15 Å². The Bertz CT molecular complexity index is 967. The Hall–Kier alpha value is -3.39. The van der Waals surface area contributed by atoms with E-state index in [2.05, 4.69) is 10.6 Å². The molecule has 1 amide bonds. The molecule has 0 radical (unpaired) electrons. The summed E-state index contributed by atoms with van der Waals surface area (Å²) in [6.45, 7) is 0.860. The standard InChI is InChI=1S/C19H19N3O5/c1-26-12-14-13-6-2-5-9-17(13)27-18(14)19(23)21-11-10-20-15-7-3-4-8-16(15)22(24)25/h2-9,20H,10-12H2,1H3,(H,21,23). The molecule has 1 heterocycles. The predicted molar refractivity (Wildman–Crippen MR) is 101 cm³/mol. The van der Waals surface area contributed by atoms with Crippen LogP contribution in [-0.4, -0.2) is 31.0 Å². The van der Waals surface area contributed by atoms with E-state index in [0.717, 1.165) is 5.39 Å². The van der Waals surface area contributed by atoms with Crippen LogP contribution < -0.4 is 10.6 Å². The first kappa shape index (κ1) is 18.4. The second kappa shape index (κ2) is 8.33. The highest BCUT2D eigenvalue weighted by Gasteiger charge is 2.20. The van der Waals surface area contributed by atoms with Crippen molar-refractivity contribution in [1.29, 1.82) is 0 Å². The molecule has 27 heavy (non-hydrogen) atoms. The molecule has 8 nitrogen and oxygen atoms in total. The van der Waals surface area contributed by atoms with Crippen LogP contribution in [0.3, 0.4) is 0 Å². The summed E-state index contributed by atoms with van der Waals surface area (Å²) in [6, 6.07) is 13.7. The lowest BCUT2D eigenvalue weighted by atomic mass is 10.1. The fourth-order valence-electron chi connectivity index (χ4n) is 2.81. The van der Waals surface area contributed by atoms with E-state index in [9.17, 15) is 14.9 Å². The van der Waals surface area contributed by atoms with Gasteiger partial charge in [0.15, 0.2) is 5.76 Å². The van der Waals surface area contributed by atoms with Crippen molar-refractivity contribution in [3.8, 4) is 0 Å². The zero-order valence-electron chi connectivity index (χ0n) is 14.7. The monoisotopic (exact) mass is 369 g/mol. The number of carbonyl (C=O) groups excluding carboxylic acids is 1. The van der Waals surface area contributed by atoms with Crippen LogP contribution in [0.15, 0.2) is 52.9 Å². The largest absolute Gasteiger partial charge is 0.451 e. The van der Waals surface area contributed by atoms with Crippen molar-refractivity contribution in [3.05, 3.63) is 70.0 Å². The average molecular weight is 369 g/mol. The maximum atomic E-state index is 12.5. The maximum Gasteiger partial charge on any atom is 0.292 e. The number of nitro groups is 1. The zero-order valence-corrected chi connectivity index (χ0v) is 14.7. The molecule has 0 saturated carbocycles. The maximum absolute atomic E-state index is 12.5. The minimum Gasteiger partial charge on any atom is -0.451 e. The molecule has 3 rings (SSSR count). The van der Waals surface area contributed by atoms with Gasteiger partial charge in [-0.25, -0.2) is 0 Å². The number of amides is 1. The molecular weight excluding hydrogens is 350 g/mol. The first-order valence-corrected chi connectivity index (χ1v) is 8.36. The van der Waals surface area contributed by atoms with Gasteiger partial charge in [0.25, 0.3) is 11.6 Å². The number of rotatable bonds is 8. The highest BCUT2D eigenvalue weighted by molar-refractivity contribution is 5.99. The number of hydrogen-bond acceptors (Lipinski definition) is 6. The Morgan fingerprint density at radius 2 is 1.89 bits per heavy atom. The summed E-state index contributed by atoms with van der Waals surface area (Å²) in [5.41, 5.74) is 1.70. The molecule has 3 aromatic rings. The topological polar surface area (TPSA) is 107 Å². The summed E-state index contributed by atoms with van der Waals surface area (Å²) in [6.07, 6.45) is 0. The number of nitrogens with zero attached hydrogens (tertiary/aromatic N) is 1. The molecule has 0 aliphatic heterocycles. The zero-order chi connectivity index (χ0) is 19.2. The van der Waals surface area contributed by atoms with Crippen molar-refractivity contribution >= 4 is 28.3 Å². The van der Waals surface area contributed by atoms with Gasteiger partial charge in [0.2, 0.25) is 0 Å². The number of furan rings is 1. The van der Waals surface area contributed by atoms with Gasteiger partial charge in [-0.2, -0.15) is 0 Å². The first-order valence-electron chi connectivity index (χ1n) is 8.36. The second-order valence-electron chi connectivity index (χ2n) is 5.80. The van der Waals surface area contributed by atoms with Crippen molar-refractivity contribution in [2.24, 2.45) is 0 Å². The van der Waals surface area contributed by atoms with Gasteiger partial charge >= 0.3 is 0 Å². The highest BCUT2D eigenvalue weighted by Crippen LogP contribution is 2.26. The molecule has 0 bridgehead atoms. The van der Waals surface area contributed by atoms with Gasteiger partial charge in [-0.1, -0.05) is 30.3 Å². The molecule has 0 unspecified atom stereocenters. The van der Waals surface area contributed by atoms with E-state index in [1.807, 2.05) is 18.2 Å². The molecule has 0 saturated heterocycles. The Morgan fingerprint density at radius 1 is 1.15 bits per heavy atom. The number of carbonyl (C=O) groups is 1. The molecule has 0 aliphatic rings. The summed E-state index contributed by atoms with van der Waals surface area (Å²) in [7, 11) is 1.56. The van der Waals surface area contributed by atoms with Crippen molar-refractivity contribution in [2.75, 3.05) is 25.5 Å². The van der Waals surface area contributed by atoms with Crippen molar-refractivity contribution in [3.63, 3.8) is 0 Å². The number of para-hydroxylation sites is 3. The Morgan fingerprint density at radius 3 is 2.67 bits per heavy atom. The third kappa shape index (κ3) is 4.06. The smallest absolute Gasteiger partial charge is 0.292 e. The van der Waals surface area contributed by atoms with Crippen molar-refractivity contribution in [1.82, 2.24) is 5.32 Å². The summed E-state index contributed by atoms with van der Waals surface area (Å²) < 4.78 is 10.9. The van der Waals surface area contributed by atoms with E-state index in [1.165, 1.54) is 6.07 Å². The SMILES string of the molecule is COCc1c(C(=O)NCCNc2ccccc2[N+](=O)[O-])oc2ccccc12.